The molecule has 0 atom stereocenters. The van der Waals surface area contributed by atoms with Crippen molar-refractivity contribution < 1.29 is 14.3 Å². The number of rotatable bonds is 6. The van der Waals surface area contributed by atoms with Gasteiger partial charge in [-0.25, -0.2) is 4.90 Å². The Balaban J connectivity index is 1.44. The lowest BCUT2D eigenvalue weighted by atomic mass is 9.89. The van der Waals surface area contributed by atoms with Crippen molar-refractivity contribution in [2.45, 2.75) is 19.3 Å². The van der Waals surface area contributed by atoms with E-state index in [0.717, 1.165) is 37.9 Å². The summed E-state index contributed by atoms with van der Waals surface area (Å²) in [5, 5.41) is 0. The number of ether oxygens (including phenoxy) is 1. The Bertz CT molecular complexity index is 1210. The standard InChI is InChI=1S/C29H28N2O3/c1-34-25-14-8-13-24(20-25)31-28(32)26(23-11-6-3-7-12-23)27(29(31)33)30-17-15-22(16-18-30)19-21-9-4-2-5-10-21/h2-14,20,22H,15-19H2,1H3. The van der Waals surface area contributed by atoms with Gasteiger partial charge in [-0.1, -0.05) is 66.7 Å². The molecule has 3 aromatic carbocycles. The zero-order valence-electron chi connectivity index (χ0n) is 19.3. The summed E-state index contributed by atoms with van der Waals surface area (Å²) in [6, 6.07) is 27.2. The third-order valence-electron chi connectivity index (χ3n) is 6.73. The molecule has 1 saturated heterocycles. The zero-order valence-corrected chi connectivity index (χ0v) is 19.3. The maximum Gasteiger partial charge on any atom is 0.282 e. The summed E-state index contributed by atoms with van der Waals surface area (Å²) in [5.74, 6) is 0.625. The monoisotopic (exact) mass is 452 g/mol. The summed E-state index contributed by atoms with van der Waals surface area (Å²) in [4.78, 5) is 30.8. The van der Waals surface area contributed by atoms with Gasteiger partial charge in [0, 0.05) is 19.2 Å². The fourth-order valence-electron chi connectivity index (χ4n) is 4.97. The maximum absolute atomic E-state index is 13.7. The van der Waals surface area contributed by atoms with Gasteiger partial charge in [0.25, 0.3) is 11.8 Å². The summed E-state index contributed by atoms with van der Waals surface area (Å²) in [7, 11) is 1.57. The third-order valence-corrected chi connectivity index (χ3v) is 6.73. The van der Waals surface area contributed by atoms with Crippen LogP contribution in [0.15, 0.2) is 90.6 Å². The maximum atomic E-state index is 13.7. The molecule has 0 N–H and O–H groups in total. The van der Waals surface area contributed by atoms with Gasteiger partial charge in [-0.05, 0) is 48.4 Å². The first-order chi connectivity index (χ1) is 16.7. The number of methoxy groups -OCH3 is 1. The van der Waals surface area contributed by atoms with Crippen LogP contribution in [-0.4, -0.2) is 36.9 Å². The molecule has 172 valence electrons. The van der Waals surface area contributed by atoms with E-state index in [9.17, 15) is 9.59 Å². The van der Waals surface area contributed by atoms with Gasteiger partial charge in [0.15, 0.2) is 0 Å². The fraction of sp³-hybridized carbons (Fsp3) is 0.241. The second-order valence-corrected chi connectivity index (χ2v) is 8.86. The molecule has 5 rings (SSSR count). The van der Waals surface area contributed by atoms with Crippen LogP contribution in [0, 0.1) is 5.92 Å². The van der Waals surface area contributed by atoms with E-state index in [0.29, 0.717) is 28.6 Å². The highest BCUT2D eigenvalue weighted by Gasteiger charge is 2.43. The molecule has 1 fully saturated rings. The third kappa shape index (κ3) is 4.21. The molecule has 2 aliphatic rings. The van der Waals surface area contributed by atoms with E-state index >= 15 is 0 Å². The number of nitrogens with zero attached hydrogens (tertiary/aromatic N) is 2. The summed E-state index contributed by atoms with van der Waals surface area (Å²) >= 11 is 0. The second kappa shape index (κ2) is 9.56. The normalized spacial score (nSPS) is 17.0. The molecule has 0 unspecified atom stereocenters. The topological polar surface area (TPSA) is 49.9 Å². The van der Waals surface area contributed by atoms with Crippen molar-refractivity contribution in [1.82, 2.24) is 4.90 Å². The molecule has 34 heavy (non-hydrogen) atoms. The van der Waals surface area contributed by atoms with Crippen molar-refractivity contribution in [3.05, 3.63) is 102 Å². The van der Waals surface area contributed by atoms with E-state index in [2.05, 4.69) is 29.2 Å². The number of hydrogen-bond acceptors (Lipinski definition) is 4. The molecule has 0 saturated carbocycles. The Labute approximate surface area is 200 Å². The number of anilines is 1. The molecule has 2 heterocycles. The number of hydrogen-bond donors (Lipinski definition) is 0. The smallest absolute Gasteiger partial charge is 0.282 e. The molecule has 0 bridgehead atoms. The van der Waals surface area contributed by atoms with Crippen molar-refractivity contribution in [3.63, 3.8) is 0 Å². The quantitative estimate of drug-likeness (QED) is 0.498. The summed E-state index contributed by atoms with van der Waals surface area (Å²) in [6.45, 7) is 1.52. The average Bonchev–Trinajstić information content (AvgIpc) is 3.15. The first-order valence-electron chi connectivity index (χ1n) is 11.8. The Morgan fingerprint density at radius 2 is 1.50 bits per heavy atom. The summed E-state index contributed by atoms with van der Waals surface area (Å²) in [6.07, 6.45) is 3.02. The summed E-state index contributed by atoms with van der Waals surface area (Å²) in [5.41, 5.74) is 3.64. The summed E-state index contributed by atoms with van der Waals surface area (Å²) < 4.78 is 5.33. The SMILES string of the molecule is COc1cccc(N2C(=O)C(c3ccccc3)=C(N3CCC(Cc4ccccc4)CC3)C2=O)c1. The molecule has 0 spiro atoms. The highest BCUT2D eigenvalue weighted by Crippen LogP contribution is 2.37. The van der Waals surface area contributed by atoms with Crippen LogP contribution in [0.3, 0.4) is 0 Å². The molecule has 5 nitrogen and oxygen atoms in total. The van der Waals surface area contributed by atoms with E-state index in [1.807, 2.05) is 36.4 Å². The highest BCUT2D eigenvalue weighted by molar-refractivity contribution is 6.45. The average molecular weight is 453 g/mol. The number of imide groups is 1. The van der Waals surface area contributed by atoms with Crippen LogP contribution in [0.5, 0.6) is 5.75 Å². The number of benzene rings is 3. The number of carbonyl (C=O) groups excluding carboxylic acids is 2. The lowest BCUT2D eigenvalue weighted by molar-refractivity contribution is -0.120. The van der Waals surface area contributed by atoms with E-state index in [1.54, 1.807) is 31.4 Å². The van der Waals surface area contributed by atoms with Gasteiger partial charge in [0.1, 0.15) is 11.4 Å². The number of carbonyl (C=O) groups is 2. The molecule has 2 aliphatic heterocycles. The van der Waals surface area contributed by atoms with Crippen LogP contribution in [0.1, 0.15) is 24.0 Å². The van der Waals surface area contributed by atoms with Crippen LogP contribution in [0.2, 0.25) is 0 Å². The van der Waals surface area contributed by atoms with Crippen LogP contribution in [0.25, 0.3) is 5.57 Å². The van der Waals surface area contributed by atoms with E-state index in [1.165, 1.54) is 10.5 Å². The molecule has 0 aromatic heterocycles. The molecule has 0 radical (unpaired) electrons. The first kappa shape index (κ1) is 22.0. The molecule has 2 amide bonds. The van der Waals surface area contributed by atoms with Crippen LogP contribution in [-0.2, 0) is 16.0 Å². The van der Waals surface area contributed by atoms with Gasteiger partial charge in [-0.3, -0.25) is 9.59 Å². The highest BCUT2D eigenvalue weighted by atomic mass is 16.5. The van der Waals surface area contributed by atoms with Gasteiger partial charge in [-0.2, -0.15) is 0 Å². The lowest BCUT2D eigenvalue weighted by Crippen LogP contribution is -2.39. The fourth-order valence-corrected chi connectivity index (χ4v) is 4.97. The van der Waals surface area contributed by atoms with Gasteiger partial charge in [0.2, 0.25) is 0 Å². The number of piperidine rings is 1. The van der Waals surface area contributed by atoms with Crippen LogP contribution in [0.4, 0.5) is 5.69 Å². The second-order valence-electron chi connectivity index (χ2n) is 8.86. The lowest BCUT2D eigenvalue weighted by Gasteiger charge is -2.34. The predicted molar refractivity (Wildman–Crippen MR) is 133 cm³/mol. The largest absolute Gasteiger partial charge is 0.497 e. The van der Waals surface area contributed by atoms with Gasteiger partial charge in [-0.15, -0.1) is 0 Å². The van der Waals surface area contributed by atoms with Crippen LogP contribution < -0.4 is 9.64 Å². The van der Waals surface area contributed by atoms with Crippen molar-refractivity contribution in [2.75, 3.05) is 25.1 Å². The van der Waals surface area contributed by atoms with Gasteiger partial charge < -0.3 is 9.64 Å². The van der Waals surface area contributed by atoms with Gasteiger partial charge in [0.05, 0.1) is 18.4 Å². The minimum absolute atomic E-state index is 0.265. The van der Waals surface area contributed by atoms with Gasteiger partial charge >= 0.3 is 0 Å². The Kier molecular flexibility index (Phi) is 6.17. The van der Waals surface area contributed by atoms with E-state index < -0.39 is 0 Å². The predicted octanol–water partition coefficient (Wildman–Crippen LogP) is 4.93. The van der Waals surface area contributed by atoms with Crippen LogP contribution >= 0.6 is 0 Å². The molecule has 0 aliphatic carbocycles. The first-order valence-corrected chi connectivity index (χ1v) is 11.8. The van der Waals surface area contributed by atoms with Crippen molar-refractivity contribution in [2.24, 2.45) is 5.92 Å². The van der Waals surface area contributed by atoms with Crippen molar-refractivity contribution in [1.29, 1.82) is 0 Å². The minimum atomic E-state index is -0.286. The minimum Gasteiger partial charge on any atom is -0.497 e. The Morgan fingerprint density at radius 3 is 2.18 bits per heavy atom. The number of likely N-dealkylation sites (tertiary alicyclic amines) is 1. The Hall–Kier alpha value is -3.86. The number of amides is 2. The molecular weight excluding hydrogens is 424 g/mol. The zero-order chi connectivity index (χ0) is 23.5. The van der Waals surface area contributed by atoms with E-state index in [4.69, 9.17) is 4.74 Å². The van der Waals surface area contributed by atoms with Crippen molar-refractivity contribution >= 4 is 23.1 Å². The van der Waals surface area contributed by atoms with Crippen molar-refractivity contribution in [3.8, 4) is 5.75 Å². The molecule has 3 aromatic rings. The molecular formula is C29H28N2O3. The Morgan fingerprint density at radius 1 is 0.824 bits per heavy atom. The molecule has 5 heteroatoms. The van der Waals surface area contributed by atoms with E-state index in [-0.39, 0.29) is 11.8 Å².